The van der Waals surface area contributed by atoms with Gasteiger partial charge in [-0.25, -0.2) is 0 Å². The van der Waals surface area contributed by atoms with Crippen molar-refractivity contribution in [1.82, 2.24) is 0 Å². The van der Waals surface area contributed by atoms with Crippen LogP contribution in [0.1, 0.15) is 14.8 Å². The van der Waals surface area contributed by atoms with Crippen molar-refractivity contribution >= 4 is 22.8 Å². The zero-order valence-corrected chi connectivity index (χ0v) is 8.26. The maximum absolute atomic E-state index is 11.5. The van der Waals surface area contributed by atoms with E-state index in [1.807, 2.05) is 6.92 Å². The number of thioether (sulfide) groups is 1. The van der Waals surface area contributed by atoms with E-state index in [1.54, 1.807) is 0 Å². The molecule has 0 aromatic carbocycles. The van der Waals surface area contributed by atoms with Gasteiger partial charge in [0.25, 0.3) is 5.91 Å². The molecule has 2 heterocycles. The summed E-state index contributed by atoms with van der Waals surface area (Å²) in [4.78, 5) is 15.3. The fourth-order valence-corrected chi connectivity index (χ4v) is 2.77. The number of amides is 1. The maximum Gasteiger partial charge on any atom is 0.264 e. The van der Waals surface area contributed by atoms with E-state index in [-0.39, 0.29) is 13.3 Å². The lowest BCUT2D eigenvalue weighted by Gasteiger charge is -2.25. The Balaban J connectivity index is 0.000000980. The molecule has 2 aliphatic rings. The molecule has 0 aromatic heterocycles. The van der Waals surface area contributed by atoms with Gasteiger partial charge in [0.2, 0.25) is 0 Å². The van der Waals surface area contributed by atoms with Gasteiger partial charge >= 0.3 is 0 Å². The maximum atomic E-state index is 11.5. The van der Waals surface area contributed by atoms with E-state index in [9.17, 15) is 4.79 Å². The van der Waals surface area contributed by atoms with Gasteiger partial charge in [0.1, 0.15) is 4.75 Å². The minimum absolute atomic E-state index is 0. The zero-order chi connectivity index (χ0) is 9.47. The van der Waals surface area contributed by atoms with E-state index in [0.29, 0.717) is 11.8 Å². The number of carbonyl (C=O) groups excluding carboxylic acids is 1. The Morgan fingerprint density at radius 1 is 1.85 bits per heavy atom. The average Bonchev–Trinajstić information content (AvgIpc) is 2.61. The molecule has 2 atom stereocenters. The van der Waals surface area contributed by atoms with Crippen LogP contribution in [0.2, 0.25) is 0 Å². The van der Waals surface area contributed by atoms with Crippen molar-refractivity contribution < 1.29 is 11.0 Å². The lowest BCUT2D eigenvalue weighted by atomic mass is 9.92. The molecule has 1 unspecified atom stereocenters. The van der Waals surface area contributed by atoms with E-state index >= 15 is 0 Å². The van der Waals surface area contributed by atoms with E-state index in [0.717, 1.165) is 13.0 Å². The zero-order valence-electron chi connectivity index (χ0n) is 7.45. The minimum Gasteiger partial charge on any atom is -0.381 e. The quantitative estimate of drug-likeness (QED) is 0.677. The summed E-state index contributed by atoms with van der Waals surface area (Å²) in [7, 11) is 0. The summed E-state index contributed by atoms with van der Waals surface area (Å²) in [6, 6.07) is 0. The Kier molecular flexibility index (Phi) is 2.08. The van der Waals surface area contributed by atoms with Gasteiger partial charge in [-0.15, -0.1) is 0 Å². The summed E-state index contributed by atoms with van der Waals surface area (Å²) in [5, 5.41) is 0.388. The highest BCUT2D eigenvalue weighted by Crippen LogP contribution is 2.42. The highest BCUT2D eigenvalue weighted by atomic mass is 32.2. The Bertz CT molecular complexity index is 279. The number of ether oxygens (including phenoxy) is 1. The van der Waals surface area contributed by atoms with Gasteiger partial charge in [-0.2, -0.15) is 4.99 Å². The molecule has 1 saturated heterocycles. The van der Waals surface area contributed by atoms with Crippen molar-refractivity contribution in [2.45, 2.75) is 18.1 Å². The third-order valence-corrected chi connectivity index (χ3v) is 3.89. The Morgan fingerprint density at radius 3 is 3.08 bits per heavy atom. The summed E-state index contributed by atoms with van der Waals surface area (Å²) >= 11 is 1.37. The second-order valence-corrected chi connectivity index (χ2v) is 5.00. The molecule has 1 amide bonds. The largest absolute Gasteiger partial charge is 0.381 e. The molecule has 0 aromatic rings. The van der Waals surface area contributed by atoms with Crippen molar-refractivity contribution in [1.29, 1.82) is 0 Å². The van der Waals surface area contributed by atoms with Crippen LogP contribution in [-0.2, 0) is 9.53 Å². The number of nitrogens with zero attached hydrogens (tertiary/aromatic N) is 1. The molecular weight excluding hydrogens is 188 g/mol. The number of carbonyl (C=O) groups is 1. The number of rotatable bonds is 1. The number of aliphatic imine (C=N–C) groups is 1. The molecule has 2 aliphatic heterocycles. The van der Waals surface area contributed by atoms with Crippen LogP contribution < -0.4 is 5.73 Å². The van der Waals surface area contributed by atoms with Crippen LogP contribution in [-0.4, -0.2) is 29.0 Å². The molecule has 74 valence electrons. The molecule has 0 spiro atoms. The molecule has 5 heteroatoms. The van der Waals surface area contributed by atoms with Gasteiger partial charge in [-0.3, -0.25) is 4.79 Å². The van der Waals surface area contributed by atoms with Crippen LogP contribution in [0, 0.1) is 5.92 Å². The summed E-state index contributed by atoms with van der Waals surface area (Å²) in [6.45, 7) is 3.30. The lowest BCUT2D eigenvalue weighted by Crippen LogP contribution is -2.37. The SMILES string of the molecule is CC1([C@H]2CCOC2)SC(N)=NC1=O.[HH]. The summed E-state index contributed by atoms with van der Waals surface area (Å²) in [5.41, 5.74) is 5.52. The van der Waals surface area contributed by atoms with Gasteiger partial charge in [-0.05, 0) is 13.3 Å². The second kappa shape index (κ2) is 2.99. The average molecular weight is 202 g/mol. The molecule has 4 nitrogen and oxygen atoms in total. The molecule has 1 fully saturated rings. The molecule has 0 saturated carbocycles. The normalized spacial score (nSPS) is 39.6. The van der Waals surface area contributed by atoms with Crippen molar-refractivity contribution in [2.75, 3.05) is 13.2 Å². The number of hydrogen-bond donors (Lipinski definition) is 1. The first-order valence-corrected chi connectivity index (χ1v) is 5.10. The Hall–Kier alpha value is -0.550. The predicted octanol–water partition coefficient (Wildman–Crippen LogP) is 0.616. The van der Waals surface area contributed by atoms with E-state index in [4.69, 9.17) is 10.5 Å². The predicted molar refractivity (Wildman–Crippen MR) is 53.7 cm³/mol. The highest BCUT2D eigenvalue weighted by Gasteiger charge is 2.47. The number of hydrogen-bond acceptors (Lipinski definition) is 4. The number of amidine groups is 1. The van der Waals surface area contributed by atoms with Gasteiger partial charge in [-0.1, -0.05) is 11.8 Å². The van der Waals surface area contributed by atoms with Crippen molar-refractivity contribution in [3.8, 4) is 0 Å². The molecule has 13 heavy (non-hydrogen) atoms. The second-order valence-electron chi connectivity index (χ2n) is 3.52. The molecule has 0 aliphatic carbocycles. The lowest BCUT2D eigenvalue weighted by molar-refractivity contribution is -0.120. The van der Waals surface area contributed by atoms with Gasteiger partial charge in [0.05, 0.1) is 6.61 Å². The first-order chi connectivity index (χ1) is 6.13. The number of nitrogens with two attached hydrogens (primary N) is 1. The smallest absolute Gasteiger partial charge is 0.264 e. The minimum atomic E-state index is -0.472. The van der Waals surface area contributed by atoms with Crippen molar-refractivity contribution in [3.63, 3.8) is 0 Å². The van der Waals surface area contributed by atoms with E-state index in [2.05, 4.69) is 4.99 Å². The van der Waals surface area contributed by atoms with Crippen molar-refractivity contribution in [3.05, 3.63) is 0 Å². The Labute approximate surface area is 82.4 Å². The van der Waals surface area contributed by atoms with Crippen molar-refractivity contribution in [2.24, 2.45) is 16.6 Å². The first-order valence-electron chi connectivity index (χ1n) is 4.28. The van der Waals surface area contributed by atoms with Gasteiger partial charge in [0, 0.05) is 14.0 Å². The fraction of sp³-hybridized carbons (Fsp3) is 0.750. The third-order valence-electron chi connectivity index (χ3n) is 2.66. The summed E-state index contributed by atoms with van der Waals surface area (Å²) in [5.74, 6) is 0.153. The molecular formula is C8H14N2O2S. The van der Waals surface area contributed by atoms with E-state index < -0.39 is 4.75 Å². The van der Waals surface area contributed by atoms with Gasteiger partial charge < -0.3 is 10.5 Å². The van der Waals surface area contributed by atoms with Crippen LogP contribution in [0.4, 0.5) is 0 Å². The highest BCUT2D eigenvalue weighted by molar-refractivity contribution is 8.16. The van der Waals surface area contributed by atoms with Crippen LogP contribution in [0.5, 0.6) is 0 Å². The fourth-order valence-electron chi connectivity index (χ4n) is 1.72. The van der Waals surface area contributed by atoms with Crippen LogP contribution >= 0.6 is 11.8 Å². The summed E-state index contributed by atoms with van der Waals surface area (Å²) < 4.78 is 4.79. The monoisotopic (exact) mass is 202 g/mol. The molecule has 2 N–H and O–H groups in total. The molecule has 0 radical (unpaired) electrons. The standard InChI is InChI=1S/C8H12N2O2S.H2/c1-8(5-2-3-12-4-5)6(11)10-7(9)13-8;/h5H,2-4H2,1H3,(H2,9,10,11);1H/t5-,8?;/m0./s1. The van der Waals surface area contributed by atoms with Crippen LogP contribution in [0.25, 0.3) is 0 Å². The van der Waals surface area contributed by atoms with E-state index in [1.165, 1.54) is 11.8 Å². The molecule has 0 bridgehead atoms. The third kappa shape index (κ3) is 1.36. The van der Waals surface area contributed by atoms with Crippen LogP contribution in [0.3, 0.4) is 0 Å². The first kappa shape index (κ1) is 9.02. The topological polar surface area (TPSA) is 64.7 Å². The van der Waals surface area contributed by atoms with Crippen LogP contribution in [0.15, 0.2) is 4.99 Å². The van der Waals surface area contributed by atoms with Gasteiger partial charge in [0.15, 0.2) is 5.17 Å². The summed E-state index contributed by atoms with van der Waals surface area (Å²) in [6.07, 6.45) is 0.929. The molecule has 2 rings (SSSR count). The Morgan fingerprint density at radius 2 is 2.62 bits per heavy atom.